The first-order chi connectivity index (χ1) is 6.49. The molecule has 2 atom stereocenters. The van der Waals surface area contributed by atoms with Crippen LogP contribution < -0.4 is 0 Å². The molecule has 0 spiro atoms. The van der Waals surface area contributed by atoms with E-state index in [2.05, 4.69) is 0 Å². The molecule has 0 heterocycles. The number of carbonyl (C=O) groups excluding carboxylic acids is 1. The average molecular weight is 220 g/mol. The van der Waals surface area contributed by atoms with Gasteiger partial charge in [-0.05, 0) is 19.3 Å². The van der Waals surface area contributed by atoms with Crippen molar-refractivity contribution in [1.29, 1.82) is 0 Å². The second-order valence-electron chi connectivity index (χ2n) is 4.72. The Hall–Kier alpha value is -1.13. The molecule has 0 aromatic rings. The predicted molar refractivity (Wildman–Crippen MR) is 52.2 cm³/mol. The Morgan fingerprint density at radius 1 is 1.27 bits per heavy atom. The molecule has 0 amide bonds. The number of rotatable bonds is 3. The van der Waals surface area contributed by atoms with Gasteiger partial charge in [-0.1, -0.05) is 20.8 Å². The molecule has 0 rings (SSSR count). The van der Waals surface area contributed by atoms with Crippen molar-refractivity contribution in [1.82, 2.24) is 0 Å². The Morgan fingerprint density at radius 2 is 1.67 bits per heavy atom. The van der Waals surface area contributed by atoms with Gasteiger partial charge in [0.15, 0.2) is 0 Å². The molecule has 0 saturated heterocycles. The van der Waals surface area contributed by atoms with Crippen LogP contribution in [0.2, 0.25) is 0 Å². The molecule has 0 aromatic carbocycles. The smallest absolute Gasteiger partial charge is 0.355 e. The predicted octanol–water partition coefficient (Wildman–Crippen LogP) is 1.78. The molecule has 0 saturated carbocycles. The van der Waals surface area contributed by atoms with Gasteiger partial charge in [-0.2, -0.15) is 0 Å². The lowest BCUT2D eigenvalue weighted by Crippen LogP contribution is -2.43. The van der Waals surface area contributed by atoms with Crippen LogP contribution in [0.25, 0.3) is 0 Å². The molecular formula is C10H17FO4. The third-order valence-electron chi connectivity index (χ3n) is 2.29. The molecule has 88 valence electrons. The van der Waals surface area contributed by atoms with E-state index < -0.39 is 23.7 Å². The van der Waals surface area contributed by atoms with Crippen LogP contribution in [0.5, 0.6) is 0 Å². The Kier molecular flexibility index (Phi) is 3.85. The fourth-order valence-electron chi connectivity index (χ4n) is 0.535. The first-order valence-corrected chi connectivity index (χ1v) is 4.63. The van der Waals surface area contributed by atoms with Crippen LogP contribution in [0.15, 0.2) is 0 Å². The Bertz CT molecular complexity index is 265. The maximum atomic E-state index is 13.3. The first-order valence-electron chi connectivity index (χ1n) is 4.63. The van der Waals surface area contributed by atoms with Crippen LogP contribution in [0.4, 0.5) is 4.39 Å². The summed E-state index contributed by atoms with van der Waals surface area (Å²) >= 11 is 0. The number of carbonyl (C=O) groups is 2. The zero-order valence-corrected chi connectivity index (χ0v) is 9.63. The third kappa shape index (κ3) is 3.49. The van der Waals surface area contributed by atoms with E-state index in [0.29, 0.717) is 6.92 Å². The van der Waals surface area contributed by atoms with Gasteiger partial charge in [0.25, 0.3) is 5.67 Å². The molecule has 0 aliphatic heterocycles. The normalized spacial score (nSPS) is 17.7. The van der Waals surface area contributed by atoms with E-state index in [-0.39, 0.29) is 5.41 Å². The lowest BCUT2D eigenvalue weighted by atomic mass is 9.90. The lowest BCUT2D eigenvalue weighted by Gasteiger charge is -2.28. The van der Waals surface area contributed by atoms with E-state index in [4.69, 9.17) is 9.84 Å². The molecule has 0 fully saturated rings. The molecule has 0 bridgehead atoms. The third-order valence-corrected chi connectivity index (χ3v) is 2.29. The van der Waals surface area contributed by atoms with Gasteiger partial charge < -0.3 is 9.84 Å². The van der Waals surface area contributed by atoms with Crippen molar-refractivity contribution < 1.29 is 23.8 Å². The molecule has 0 aromatic heterocycles. The van der Waals surface area contributed by atoms with Crippen LogP contribution in [-0.4, -0.2) is 28.8 Å². The Balaban J connectivity index is 4.58. The van der Waals surface area contributed by atoms with Gasteiger partial charge in [0.1, 0.15) is 6.10 Å². The van der Waals surface area contributed by atoms with Crippen molar-refractivity contribution in [3.05, 3.63) is 0 Å². The first kappa shape index (κ1) is 13.9. The number of carboxylic acids is 1. The zero-order valence-electron chi connectivity index (χ0n) is 9.63. The van der Waals surface area contributed by atoms with Gasteiger partial charge in [-0.15, -0.1) is 0 Å². The second-order valence-corrected chi connectivity index (χ2v) is 4.72. The Morgan fingerprint density at radius 3 is 1.93 bits per heavy atom. The minimum Gasteiger partial charge on any atom is -0.478 e. The van der Waals surface area contributed by atoms with Crippen molar-refractivity contribution in [2.75, 3.05) is 0 Å². The van der Waals surface area contributed by atoms with Gasteiger partial charge >= 0.3 is 11.9 Å². The van der Waals surface area contributed by atoms with E-state index in [0.717, 1.165) is 0 Å². The van der Waals surface area contributed by atoms with Crippen molar-refractivity contribution in [2.24, 2.45) is 5.41 Å². The number of aliphatic carboxylic acids is 1. The minimum atomic E-state index is -2.99. The monoisotopic (exact) mass is 220 g/mol. The number of carboxylic acid groups (broad SMARTS) is 1. The number of esters is 1. The number of alkyl halides is 1. The summed E-state index contributed by atoms with van der Waals surface area (Å²) in [7, 11) is 0. The highest BCUT2D eigenvalue weighted by atomic mass is 19.1. The van der Waals surface area contributed by atoms with Gasteiger partial charge in [0.2, 0.25) is 0 Å². The van der Waals surface area contributed by atoms with E-state index in [9.17, 15) is 14.0 Å². The van der Waals surface area contributed by atoms with Crippen molar-refractivity contribution in [2.45, 2.75) is 46.4 Å². The molecule has 0 aliphatic rings. The van der Waals surface area contributed by atoms with E-state index in [1.807, 2.05) is 0 Å². The molecule has 5 heteroatoms. The highest BCUT2D eigenvalue weighted by Crippen LogP contribution is 2.24. The standard InChI is InChI=1S/C10H17FO4/c1-6(9(2,3)4)15-8(14)10(5,11)7(12)13/h6H,1-5H3,(H,12,13). The number of hydrogen-bond acceptors (Lipinski definition) is 3. The fraction of sp³-hybridized carbons (Fsp3) is 0.800. The minimum absolute atomic E-state index is 0.357. The van der Waals surface area contributed by atoms with Crippen molar-refractivity contribution in [3.8, 4) is 0 Å². The second kappa shape index (κ2) is 4.16. The number of halogens is 1. The summed E-state index contributed by atoms with van der Waals surface area (Å²) in [6.07, 6.45) is -0.556. The molecule has 4 nitrogen and oxygen atoms in total. The summed E-state index contributed by atoms with van der Waals surface area (Å²) in [6, 6.07) is 0. The summed E-state index contributed by atoms with van der Waals surface area (Å²) in [6.45, 7) is 7.69. The topological polar surface area (TPSA) is 63.6 Å². The summed E-state index contributed by atoms with van der Waals surface area (Å²) in [5.41, 5.74) is -3.34. The van der Waals surface area contributed by atoms with E-state index in [1.165, 1.54) is 0 Å². The van der Waals surface area contributed by atoms with Crippen molar-refractivity contribution in [3.63, 3.8) is 0 Å². The number of ether oxygens (including phenoxy) is 1. The highest BCUT2D eigenvalue weighted by molar-refractivity contribution is 6.02. The molecule has 0 aliphatic carbocycles. The van der Waals surface area contributed by atoms with Gasteiger partial charge in [0.05, 0.1) is 0 Å². The molecule has 15 heavy (non-hydrogen) atoms. The average Bonchev–Trinajstić information content (AvgIpc) is 2.01. The van der Waals surface area contributed by atoms with Crippen LogP contribution in [0, 0.1) is 5.41 Å². The Labute approximate surface area is 88.4 Å². The van der Waals surface area contributed by atoms with Gasteiger partial charge in [-0.3, -0.25) is 0 Å². The zero-order chi connectivity index (χ0) is 12.4. The van der Waals surface area contributed by atoms with Gasteiger partial charge in [-0.25, -0.2) is 14.0 Å². The van der Waals surface area contributed by atoms with Gasteiger partial charge in [0, 0.05) is 0 Å². The van der Waals surface area contributed by atoms with Crippen LogP contribution in [-0.2, 0) is 14.3 Å². The lowest BCUT2D eigenvalue weighted by molar-refractivity contribution is -0.176. The highest BCUT2D eigenvalue weighted by Gasteiger charge is 2.45. The van der Waals surface area contributed by atoms with E-state index in [1.54, 1.807) is 27.7 Å². The molecule has 1 N–H and O–H groups in total. The number of hydrogen-bond donors (Lipinski definition) is 1. The van der Waals surface area contributed by atoms with Crippen LogP contribution >= 0.6 is 0 Å². The maximum Gasteiger partial charge on any atom is 0.355 e. The maximum absolute atomic E-state index is 13.3. The van der Waals surface area contributed by atoms with Crippen molar-refractivity contribution >= 4 is 11.9 Å². The van der Waals surface area contributed by atoms with Crippen LogP contribution in [0.3, 0.4) is 0 Å². The summed E-state index contributed by atoms with van der Waals surface area (Å²) in [4.78, 5) is 21.6. The largest absolute Gasteiger partial charge is 0.478 e. The quantitative estimate of drug-likeness (QED) is 0.581. The fourth-order valence-corrected chi connectivity index (χ4v) is 0.535. The SMILES string of the molecule is CC(OC(=O)C(C)(F)C(=O)O)C(C)(C)C. The summed E-state index contributed by atoms with van der Waals surface area (Å²) in [5.74, 6) is -3.20. The van der Waals surface area contributed by atoms with Crippen LogP contribution in [0.1, 0.15) is 34.6 Å². The summed E-state index contributed by atoms with van der Waals surface area (Å²) in [5, 5.41) is 8.45. The molecular weight excluding hydrogens is 203 g/mol. The van der Waals surface area contributed by atoms with E-state index >= 15 is 0 Å². The molecule has 2 unspecified atom stereocenters. The molecule has 0 radical (unpaired) electrons. The summed E-state index contributed by atoms with van der Waals surface area (Å²) < 4.78 is 18.0.